The van der Waals surface area contributed by atoms with E-state index in [1.54, 1.807) is 47.8 Å². The van der Waals surface area contributed by atoms with Crippen LogP contribution in [0.1, 0.15) is 34.5 Å². The fourth-order valence-corrected chi connectivity index (χ4v) is 3.78. The van der Waals surface area contributed by atoms with Crippen molar-refractivity contribution < 1.29 is 13.6 Å². The highest BCUT2D eigenvalue weighted by molar-refractivity contribution is 5.99. The molecule has 5 nitrogen and oxygen atoms in total. The van der Waals surface area contributed by atoms with E-state index in [0.717, 1.165) is 11.1 Å². The van der Waals surface area contributed by atoms with Gasteiger partial charge in [-0.25, -0.2) is 8.78 Å². The van der Waals surface area contributed by atoms with Crippen LogP contribution < -0.4 is 0 Å². The molecule has 0 unspecified atom stereocenters. The van der Waals surface area contributed by atoms with E-state index in [9.17, 15) is 9.18 Å². The number of likely N-dealkylation sites (tertiary alicyclic amines) is 1. The average molecular weight is 408 g/mol. The monoisotopic (exact) mass is 408 g/mol. The summed E-state index contributed by atoms with van der Waals surface area (Å²) in [4.78, 5) is 27.2. The molecule has 4 heterocycles. The lowest BCUT2D eigenvalue weighted by Crippen LogP contribution is -2.45. The Balaban J connectivity index is 1.45. The summed E-state index contributed by atoms with van der Waals surface area (Å²) in [7, 11) is 0. The van der Waals surface area contributed by atoms with Gasteiger partial charge in [0.1, 0.15) is 12.3 Å². The lowest BCUT2D eigenvalue weighted by atomic mass is 9.87. The minimum Gasteiger partial charge on any atom is -0.338 e. The van der Waals surface area contributed by atoms with Crippen molar-refractivity contribution in [1.82, 2.24) is 19.9 Å². The Hall–Kier alpha value is -3.22. The van der Waals surface area contributed by atoms with Gasteiger partial charge in [0, 0.05) is 49.9 Å². The van der Waals surface area contributed by atoms with Crippen LogP contribution in [0.15, 0.2) is 61.2 Å². The van der Waals surface area contributed by atoms with Gasteiger partial charge in [-0.2, -0.15) is 0 Å². The van der Waals surface area contributed by atoms with Crippen molar-refractivity contribution >= 4 is 5.91 Å². The number of hydrogen-bond acceptors (Lipinski definition) is 4. The minimum atomic E-state index is -1.40. The number of pyridine rings is 3. The first-order valence-electron chi connectivity index (χ1n) is 9.91. The number of halogens is 2. The van der Waals surface area contributed by atoms with Gasteiger partial charge < -0.3 is 4.90 Å². The van der Waals surface area contributed by atoms with Crippen LogP contribution in [0.3, 0.4) is 0 Å². The second-order valence-corrected chi connectivity index (χ2v) is 7.55. The Bertz CT molecular complexity index is 1000. The number of amides is 1. The number of carbonyl (C=O) groups is 1. The SMILES string of the molecule is O=C(c1cccnc1-c1ccncc1)N1CCC(F)(Cc2ccc(CF)nc2)CC1. The molecule has 154 valence electrons. The molecule has 1 aliphatic heterocycles. The van der Waals surface area contributed by atoms with Gasteiger partial charge in [0.25, 0.3) is 5.91 Å². The number of hydrogen-bond donors (Lipinski definition) is 0. The largest absolute Gasteiger partial charge is 0.338 e. The highest BCUT2D eigenvalue weighted by atomic mass is 19.1. The van der Waals surface area contributed by atoms with Crippen molar-refractivity contribution in [3.05, 3.63) is 78.0 Å². The fourth-order valence-electron chi connectivity index (χ4n) is 3.78. The molecule has 30 heavy (non-hydrogen) atoms. The van der Waals surface area contributed by atoms with Crippen molar-refractivity contribution in [3.8, 4) is 11.3 Å². The Kier molecular flexibility index (Phi) is 5.79. The first-order chi connectivity index (χ1) is 14.6. The van der Waals surface area contributed by atoms with Gasteiger partial charge in [0.15, 0.2) is 0 Å². The Morgan fingerprint density at radius 3 is 2.47 bits per heavy atom. The standard InChI is InChI=1S/C23H22F2N4O/c24-15-19-4-3-17(16-28-19)14-23(25)7-12-29(13-8-23)22(30)20-2-1-9-27-21(20)18-5-10-26-11-6-18/h1-6,9-11,16H,7-8,12-15H2. The summed E-state index contributed by atoms with van der Waals surface area (Å²) in [5, 5.41) is 0. The smallest absolute Gasteiger partial charge is 0.256 e. The highest BCUT2D eigenvalue weighted by Crippen LogP contribution is 2.32. The molecule has 1 amide bonds. The summed E-state index contributed by atoms with van der Waals surface area (Å²) in [5.74, 6) is -0.147. The number of carbonyl (C=O) groups excluding carboxylic acids is 1. The third-order valence-electron chi connectivity index (χ3n) is 5.48. The molecule has 0 bridgehead atoms. The number of piperidine rings is 1. The molecule has 0 spiro atoms. The quantitative estimate of drug-likeness (QED) is 0.635. The summed E-state index contributed by atoms with van der Waals surface area (Å²) in [6, 6.07) is 10.4. The number of nitrogens with zero attached hydrogens (tertiary/aromatic N) is 4. The molecule has 1 aliphatic rings. The van der Waals surface area contributed by atoms with Gasteiger partial charge in [-0.1, -0.05) is 6.07 Å². The molecule has 0 radical (unpaired) electrons. The predicted octanol–water partition coefficient (Wildman–Crippen LogP) is 4.20. The molecule has 0 saturated carbocycles. The Morgan fingerprint density at radius 1 is 1.03 bits per heavy atom. The van der Waals surface area contributed by atoms with Crippen LogP contribution in [0.2, 0.25) is 0 Å². The van der Waals surface area contributed by atoms with Gasteiger partial charge in [0.2, 0.25) is 0 Å². The van der Waals surface area contributed by atoms with Crippen molar-refractivity contribution in [2.45, 2.75) is 31.6 Å². The lowest BCUT2D eigenvalue weighted by molar-refractivity contribution is 0.0437. The molecular weight excluding hydrogens is 386 g/mol. The average Bonchev–Trinajstić information content (AvgIpc) is 2.80. The van der Waals surface area contributed by atoms with Crippen LogP contribution in [0.5, 0.6) is 0 Å². The summed E-state index contributed by atoms with van der Waals surface area (Å²) in [6.45, 7) is 0.0277. The molecule has 4 rings (SSSR count). The Labute approximate surface area is 173 Å². The molecule has 0 aliphatic carbocycles. The molecule has 3 aromatic heterocycles. The van der Waals surface area contributed by atoms with Gasteiger partial charge in [-0.05, 0) is 48.7 Å². The lowest BCUT2D eigenvalue weighted by Gasteiger charge is -2.36. The van der Waals surface area contributed by atoms with Crippen LogP contribution in [0, 0.1) is 0 Å². The normalized spacial score (nSPS) is 15.7. The van der Waals surface area contributed by atoms with Crippen LogP contribution in [0.4, 0.5) is 8.78 Å². The molecule has 1 saturated heterocycles. The first kappa shape index (κ1) is 20.1. The minimum absolute atomic E-state index is 0.147. The summed E-state index contributed by atoms with van der Waals surface area (Å²) in [6.07, 6.45) is 7.20. The molecule has 1 fully saturated rings. The van der Waals surface area contributed by atoms with E-state index in [1.807, 2.05) is 12.1 Å². The van der Waals surface area contributed by atoms with E-state index in [4.69, 9.17) is 0 Å². The van der Waals surface area contributed by atoms with Crippen molar-refractivity contribution in [2.24, 2.45) is 0 Å². The summed E-state index contributed by atoms with van der Waals surface area (Å²) < 4.78 is 28.0. The Morgan fingerprint density at radius 2 is 1.80 bits per heavy atom. The number of aromatic nitrogens is 3. The van der Waals surface area contributed by atoms with Crippen LogP contribution in [-0.2, 0) is 13.1 Å². The molecule has 0 N–H and O–H groups in total. The number of alkyl halides is 2. The first-order valence-corrected chi connectivity index (χ1v) is 9.91. The summed E-state index contributed by atoms with van der Waals surface area (Å²) in [5.41, 5.74) is 1.59. The topological polar surface area (TPSA) is 59.0 Å². The van der Waals surface area contributed by atoms with Crippen molar-refractivity contribution in [2.75, 3.05) is 13.1 Å². The maximum absolute atomic E-state index is 15.4. The number of rotatable bonds is 5. The zero-order chi connectivity index (χ0) is 21.0. The third-order valence-corrected chi connectivity index (χ3v) is 5.48. The molecular formula is C23H22F2N4O. The fraction of sp³-hybridized carbons (Fsp3) is 0.304. The van der Waals surface area contributed by atoms with E-state index in [-0.39, 0.29) is 25.2 Å². The van der Waals surface area contributed by atoms with Crippen molar-refractivity contribution in [3.63, 3.8) is 0 Å². The highest BCUT2D eigenvalue weighted by Gasteiger charge is 2.36. The molecule has 3 aromatic rings. The van der Waals surface area contributed by atoms with Crippen LogP contribution in [-0.4, -0.2) is 44.5 Å². The molecule has 0 aromatic carbocycles. The van der Waals surface area contributed by atoms with E-state index in [1.165, 1.54) is 6.20 Å². The maximum Gasteiger partial charge on any atom is 0.256 e. The summed E-state index contributed by atoms with van der Waals surface area (Å²) >= 11 is 0. The van der Waals surface area contributed by atoms with Gasteiger partial charge in [-0.15, -0.1) is 0 Å². The second-order valence-electron chi connectivity index (χ2n) is 7.55. The van der Waals surface area contributed by atoms with Gasteiger partial charge in [0.05, 0.1) is 17.0 Å². The third kappa shape index (κ3) is 4.35. The second kappa shape index (κ2) is 8.65. The van der Waals surface area contributed by atoms with Crippen molar-refractivity contribution in [1.29, 1.82) is 0 Å². The maximum atomic E-state index is 15.4. The zero-order valence-electron chi connectivity index (χ0n) is 16.5. The van der Waals surface area contributed by atoms with E-state index in [0.29, 0.717) is 30.0 Å². The van der Waals surface area contributed by atoms with Crippen LogP contribution >= 0.6 is 0 Å². The zero-order valence-corrected chi connectivity index (χ0v) is 16.5. The molecule has 0 atom stereocenters. The van der Waals surface area contributed by atoms with Gasteiger partial charge >= 0.3 is 0 Å². The van der Waals surface area contributed by atoms with E-state index >= 15 is 4.39 Å². The molecule has 7 heteroatoms. The van der Waals surface area contributed by atoms with Gasteiger partial charge in [-0.3, -0.25) is 19.7 Å². The predicted molar refractivity (Wildman–Crippen MR) is 109 cm³/mol. The van der Waals surface area contributed by atoms with E-state index in [2.05, 4.69) is 15.0 Å². The van der Waals surface area contributed by atoms with Crippen LogP contribution in [0.25, 0.3) is 11.3 Å². The van der Waals surface area contributed by atoms with E-state index < -0.39 is 12.3 Å².